The van der Waals surface area contributed by atoms with E-state index in [1.165, 1.54) is 0 Å². The molecular formula is C15H16IN5O. The molecule has 1 N–H and O–H groups in total. The standard InChI is InChI=1S/C15H16IN5O/c1-3-21-10(15(22)18-8-4-5-8)6-9-12-11(17-7-20(12)2)13(16)19-14(9)21/h6-8H,3-5H2,1-2H3,(H,18,22). The fourth-order valence-corrected chi connectivity index (χ4v) is 3.50. The zero-order valence-corrected chi connectivity index (χ0v) is 14.6. The van der Waals surface area contributed by atoms with Crippen molar-refractivity contribution in [2.24, 2.45) is 7.05 Å². The predicted octanol–water partition coefficient (Wildman–Crippen LogP) is 2.44. The Morgan fingerprint density at radius 1 is 1.50 bits per heavy atom. The van der Waals surface area contributed by atoms with Gasteiger partial charge in [0.05, 0.1) is 11.8 Å². The van der Waals surface area contributed by atoms with E-state index in [2.05, 4.69) is 37.9 Å². The molecule has 1 fully saturated rings. The third-order valence-electron chi connectivity index (χ3n) is 4.12. The number of nitrogens with zero attached hydrogens (tertiary/aromatic N) is 4. The van der Waals surface area contributed by atoms with Gasteiger partial charge in [-0.25, -0.2) is 9.97 Å². The Kier molecular flexibility index (Phi) is 3.14. The molecule has 0 saturated heterocycles. The van der Waals surface area contributed by atoms with Crippen molar-refractivity contribution >= 4 is 50.6 Å². The molecule has 0 unspecified atom stereocenters. The van der Waals surface area contributed by atoms with E-state index >= 15 is 0 Å². The monoisotopic (exact) mass is 409 g/mol. The summed E-state index contributed by atoms with van der Waals surface area (Å²) in [4.78, 5) is 21.6. The third kappa shape index (κ3) is 2.02. The van der Waals surface area contributed by atoms with Crippen molar-refractivity contribution in [3.05, 3.63) is 21.8 Å². The quantitative estimate of drug-likeness (QED) is 0.534. The Labute approximate surface area is 141 Å². The van der Waals surface area contributed by atoms with Crippen LogP contribution in [0.25, 0.3) is 22.1 Å². The minimum atomic E-state index is -0.00678. The highest BCUT2D eigenvalue weighted by Gasteiger charge is 2.26. The summed E-state index contributed by atoms with van der Waals surface area (Å²) in [7, 11) is 1.97. The fraction of sp³-hybridized carbons (Fsp3) is 0.400. The van der Waals surface area contributed by atoms with Gasteiger partial charge in [0.15, 0.2) is 0 Å². The first-order valence-corrected chi connectivity index (χ1v) is 8.48. The molecule has 0 aliphatic heterocycles. The molecule has 4 rings (SSSR count). The third-order valence-corrected chi connectivity index (χ3v) is 4.87. The largest absolute Gasteiger partial charge is 0.348 e. The van der Waals surface area contributed by atoms with Crippen molar-refractivity contribution in [1.82, 2.24) is 24.4 Å². The number of amides is 1. The number of rotatable bonds is 3. The summed E-state index contributed by atoms with van der Waals surface area (Å²) >= 11 is 2.21. The number of hydrogen-bond acceptors (Lipinski definition) is 3. The molecule has 1 aliphatic carbocycles. The maximum atomic E-state index is 12.5. The Bertz CT molecular complexity index is 906. The molecule has 0 spiro atoms. The molecule has 0 aromatic carbocycles. The Morgan fingerprint density at radius 2 is 2.27 bits per heavy atom. The van der Waals surface area contributed by atoms with Crippen LogP contribution in [0.4, 0.5) is 0 Å². The first-order valence-electron chi connectivity index (χ1n) is 7.40. The zero-order chi connectivity index (χ0) is 15.4. The van der Waals surface area contributed by atoms with E-state index in [0.717, 1.165) is 38.6 Å². The van der Waals surface area contributed by atoms with E-state index in [1.54, 1.807) is 6.33 Å². The maximum Gasteiger partial charge on any atom is 0.268 e. The first kappa shape index (κ1) is 14.0. The number of fused-ring (bicyclic) bond motifs is 3. The lowest BCUT2D eigenvalue weighted by Gasteiger charge is -2.07. The number of nitrogens with one attached hydrogen (secondary N) is 1. The maximum absolute atomic E-state index is 12.5. The van der Waals surface area contributed by atoms with Crippen molar-refractivity contribution in [3.8, 4) is 0 Å². The van der Waals surface area contributed by atoms with E-state index in [0.29, 0.717) is 18.3 Å². The average molecular weight is 409 g/mol. The van der Waals surface area contributed by atoms with Gasteiger partial charge < -0.3 is 14.5 Å². The van der Waals surface area contributed by atoms with Crippen molar-refractivity contribution in [3.63, 3.8) is 0 Å². The van der Waals surface area contributed by atoms with Gasteiger partial charge in [-0.05, 0) is 48.4 Å². The highest BCUT2D eigenvalue weighted by atomic mass is 127. The molecule has 0 radical (unpaired) electrons. The van der Waals surface area contributed by atoms with E-state index in [9.17, 15) is 4.79 Å². The van der Waals surface area contributed by atoms with Crippen LogP contribution in [-0.4, -0.2) is 31.1 Å². The lowest BCUT2D eigenvalue weighted by atomic mass is 10.2. The van der Waals surface area contributed by atoms with Gasteiger partial charge in [-0.15, -0.1) is 0 Å². The number of halogens is 1. The topological polar surface area (TPSA) is 64.7 Å². The van der Waals surface area contributed by atoms with Crippen LogP contribution in [0.15, 0.2) is 12.4 Å². The van der Waals surface area contributed by atoms with Gasteiger partial charge >= 0.3 is 0 Å². The van der Waals surface area contributed by atoms with Crippen LogP contribution in [0, 0.1) is 3.70 Å². The lowest BCUT2D eigenvalue weighted by Crippen LogP contribution is -2.27. The van der Waals surface area contributed by atoms with Gasteiger partial charge in [0.25, 0.3) is 5.91 Å². The summed E-state index contributed by atoms with van der Waals surface area (Å²) < 4.78 is 4.84. The number of pyridine rings is 1. The molecule has 0 atom stereocenters. The number of carbonyl (C=O) groups excluding carboxylic acids is 1. The molecule has 3 aromatic heterocycles. The van der Waals surface area contributed by atoms with E-state index < -0.39 is 0 Å². The van der Waals surface area contributed by atoms with E-state index in [-0.39, 0.29) is 5.91 Å². The van der Waals surface area contributed by atoms with E-state index in [1.807, 2.05) is 29.2 Å². The van der Waals surface area contributed by atoms with Gasteiger partial charge in [-0.1, -0.05) is 0 Å². The smallest absolute Gasteiger partial charge is 0.268 e. The Hall–Kier alpha value is -1.64. The predicted molar refractivity (Wildman–Crippen MR) is 92.9 cm³/mol. The van der Waals surface area contributed by atoms with Gasteiger partial charge in [0.2, 0.25) is 0 Å². The second kappa shape index (κ2) is 4.94. The lowest BCUT2D eigenvalue weighted by molar-refractivity contribution is 0.0942. The van der Waals surface area contributed by atoms with Crippen molar-refractivity contribution in [2.75, 3.05) is 0 Å². The minimum absolute atomic E-state index is 0.00678. The average Bonchev–Trinajstić information content (AvgIpc) is 3.09. The van der Waals surface area contributed by atoms with Gasteiger partial charge in [0.1, 0.15) is 20.6 Å². The van der Waals surface area contributed by atoms with Crippen LogP contribution in [0.3, 0.4) is 0 Å². The highest BCUT2D eigenvalue weighted by Crippen LogP contribution is 2.29. The van der Waals surface area contributed by atoms with Crippen LogP contribution >= 0.6 is 22.6 Å². The molecule has 1 saturated carbocycles. The van der Waals surface area contributed by atoms with Crippen molar-refractivity contribution in [1.29, 1.82) is 0 Å². The summed E-state index contributed by atoms with van der Waals surface area (Å²) in [5.41, 5.74) is 3.45. The molecule has 7 heteroatoms. The number of aromatic nitrogens is 4. The van der Waals surface area contributed by atoms with Gasteiger partial charge in [-0.2, -0.15) is 0 Å². The Morgan fingerprint density at radius 3 is 2.95 bits per heavy atom. The van der Waals surface area contributed by atoms with Crippen molar-refractivity contribution < 1.29 is 4.79 Å². The zero-order valence-electron chi connectivity index (χ0n) is 12.4. The van der Waals surface area contributed by atoms with Crippen LogP contribution < -0.4 is 5.32 Å². The normalized spacial score (nSPS) is 14.9. The highest BCUT2D eigenvalue weighted by molar-refractivity contribution is 14.1. The fourth-order valence-electron chi connectivity index (χ4n) is 2.87. The summed E-state index contributed by atoms with van der Waals surface area (Å²) in [6, 6.07) is 2.30. The van der Waals surface area contributed by atoms with Crippen LogP contribution in [0.2, 0.25) is 0 Å². The van der Waals surface area contributed by atoms with Gasteiger partial charge in [-0.3, -0.25) is 4.79 Å². The van der Waals surface area contributed by atoms with E-state index in [4.69, 9.17) is 0 Å². The summed E-state index contributed by atoms with van der Waals surface area (Å²) in [6.07, 6.45) is 3.96. The molecule has 114 valence electrons. The summed E-state index contributed by atoms with van der Waals surface area (Å²) in [5.74, 6) is -0.00678. The minimum Gasteiger partial charge on any atom is -0.348 e. The number of imidazole rings is 1. The second-order valence-electron chi connectivity index (χ2n) is 5.71. The number of hydrogen-bond donors (Lipinski definition) is 1. The molecule has 3 heterocycles. The first-order chi connectivity index (χ1) is 10.6. The molecule has 6 nitrogen and oxygen atoms in total. The Balaban J connectivity index is 1.99. The molecular weight excluding hydrogens is 393 g/mol. The molecule has 0 bridgehead atoms. The number of aryl methyl sites for hydroxylation is 2. The molecule has 1 amide bonds. The van der Waals surface area contributed by atoms with Crippen LogP contribution in [0.5, 0.6) is 0 Å². The number of carbonyl (C=O) groups is 1. The summed E-state index contributed by atoms with van der Waals surface area (Å²) in [6.45, 7) is 2.75. The molecule has 3 aromatic rings. The second-order valence-corrected chi connectivity index (χ2v) is 6.74. The molecule has 22 heavy (non-hydrogen) atoms. The van der Waals surface area contributed by atoms with Crippen LogP contribution in [0.1, 0.15) is 30.3 Å². The van der Waals surface area contributed by atoms with Gasteiger partial charge in [0, 0.05) is 25.0 Å². The van der Waals surface area contributed by atoms with Crippen LogP contribution in [-0.2, 0) is 13.6 Å². The molecule has 1 aliphatic rings. The summed E-state index contributed by atoms with van der Waals surface area (Å²) in [5, 5.41) is 4.05. The SMILES string of the molecule is CCn1c(C(=O)NC2CC2)cc2c3c(ncn3C)c(I)nc21. The van der Waals surface area contributed by atoms with Crippen molar-refractivity contribution in [2.45, 2.75) is 32.4 Å².